The summed E-state index contributed by atoms with van der Waals surface area (Å²) in [6, 6.07) is 63.2. The van der Waals surface area contributed by atoms with Crippen LogP contribution >= 0.6 is 0 Å². The summed E-state index contributed by atoms with van der Waals surface area (Å²) in [4.78, 5) is 10.2. The van der Waals surface area contributed by atoms with Gasteiger partial charge in [0.05, 0.1) is 22.9 Å². The third-order valence-electron chi connectivity index (χ3n) is 12.6. The fourth-order valence-corrected chi connectivity index (χ4v) is 9.58. The summed E-state index contributed by atoms with van der Waals surface area (Å²) in [5.41, 5.74) is 17.7. The summed E-state index contributed by atoms with van der Waals surface area (Å²) in [5, 5.41) is 6.90. The van der Waals surface area contributed by atoms with Gasteiger partial charge in [0.25, 0.3) is 0 Å². The predicted octanol–water partition coefficient (Wildman–Crippen LogP) is 14.8. The molecule has 3 heteroatoms. The Kier molecular flexibility index (Phi) is 6.98. The van der Waals surface area contributed by atoms with Gasteiger partial charge in [0, 0.05) is 43.7 Å². The Morgan fingerprint density at radius 2 is 0.862 bits per heavy atom. The Balaban J connectivity index is 0.873. The number of rotatable bonds is 4. The second kappa shape index (κ2) is 12.3. The van der Waals surface area contributed by atoms with E-state index < -0.39 is 0 Å². The van der Waals surface area contributed by atoms with E-state index in [0.29, 0.717) is 0 Å². The van der Waals surface area contributed by atoms with E-state index in [2.05, 4.69) is 190 Å². The Hall–Kier alpha value is -7.36. The Morgan fingerprint density at radius 3 is 1.53 bits per heavy atom. The van der Waals surface area contributed by atoms with E-state index in [-0.39, 0.29) is 5.41 Å². The number of fused-ring (bicyclic) bond motifs is 12. The first-order chi connectivity index (χ1) is 28.5. The zero-order chi connectivity index (χ0) is 38.5. The van der Waals surface area contributed by atoms with Gasteiger partial charge in [-0.1, -0.05) is 184 Å². The van der Waals surface area contributed by atoms with E-state index in [1.54, 1.807) is 0 Å². The van der Waals surface area contributed by atoms with E-state index in [1.807, 2.05) is 6.20 Å². The molecule has 0 atom stereocenters. The zero-order valence-corrected chi connectivity index (χ0v) is 32.1. The van der Waals surface area contributed by atoms with Crippen LogP contribution in [0.5, 0.6) is 0 Å². The number of benzene rings is 9. The van der Waals surface area contributed by atoms with Gasteiger partial charge in [0.2, 0.25) is 0 Å². The molecule has 0 aliphatic heterocycles. The summed E-state index contributed by atoms with van der Waals surface area (Å²) in [6.45, 7) is 4.67. The Bertz CT molecular complexity index is 3430. The van der Waals surface area contributed by atoms with E-state index in [9.17, 15) is 0 Å². The molecule has 2 aromatic heterocycles. The van der Waals surface area contributed by atoms with Crippen LogP contribution in [0.1, 0.15) is 25.0 Å². The maximum Gasteiger partial charge on any atom is 0.143 e. The van der Waals surface area contributed by atoms with Crippen LogP contribution in [0.2, 0.25) is 0 Å². The first-order valence-corrected chi connectivity index (χ1v) is 20.0. The van der Waals surface area contributed by atoms with Crippen molar-refractivity contribution in [2.45, 2.75) is 19.3 Å². The minimum Gasteiger partial charge on any atom is -0.455 e. The molecule has 0 spiro atoms. The summed E-state index contributed by atoms with van der Waals surface area (Å²) < 4.78 is 6.89. The fraction of sp³-hybridized carbons (Fsp3) is 0.0545. The van der Waals surface area contributed by atoms with Crippen molar-refractivity contribution in [1.29, 1.82) is 0 Å². The van der Waals surface area contributed by atoms with Gasteiger partial charge in [0.1, 0.15) is 11.2 Å². The molecule has 0 amide bonds. The van der Waals surface area contributed by atoms with Crippen LogP contribution in [0, 0.1) is 0 Å². The van der Waals surface area contributed by atoms with Gasteiger partial charge in [-0.25, -0.2) is 4.98 Å². The van der Waals surface area contributed by atoms with Crippen molar-refractivity contribution in [3.8, 4) is 55.8 Å². The minimum atomic E-state index is -0.0667. The van der Waals surface area contributed by atoms with Gasteiger partial charge in [0.15, 0.2) is 0 Å². The molecule has 0 unspecified atom stereocenters. The van der Waals surface area contributed by atoms with E-state index in [4.69, 9.17) is 14.4 Å². The van der Waals surface area contributed by atoms with Crippen molar-refractivity contribution in [2.24, 2.45) is 0 Å². The average Bonchev–Trinajstić information content (AvgIpc) is 3.78. The van der Waals surface area contributed by atoms with Crippen molar-refractivity contribution >= 4 is 54.5 Å². The SMILES string of the molecule is CC1(C)c2ccccc2-c2ccc(-c3cccc4c3oc3c(-c5ccc(-c6ccc(-c7cnc8c9ccccc9c9ccccc9c8n7)cc6)cc5)cccc34)cc21. The lowest BCUT2D eigenvalue weighted by Gasteiger charge is -2.22. The number of furan rings is 1. The Morgan fingerprint density at radius 1 is 0.379 bits per heavy atom. The van der Waals surface area contributed by atoms with Crippen molar-refractivity contribution in [2.75, 3.05) is 0 Å². The molecule has 0 radical (unpaired) electrons. The van der Waals surface area contributed by atoms with Crippen molar-refractivity contribution in [1.82, 2.24) is 9.97 Å². The molecule has 2 heterocycles. The number of nitrogens with zero attached hydrogens (tertiary/aromatic N) is 2. The maximum atomic E-state index is 6.89. The predicted molar refractivity (Wildman–Crippen MR) is 241 cm³/mol. The molecular weight excluding hydrogens is 705 g/mol. The van der Waals surface area contributed by atoms with Gasteiger partial charge in [-0.15, -0.1) is 0 Å². The molecule has 0 N–H and O–H groups in total. The van der Waals surface area contributed by atoms with Gasteiger partial charge >= 0.3 is 0 Å². The standard InChI is InChI=1S/C55H36N2O/c1-55(2)48-20-8-7-13-42(48)43-30-29-37(31-49(43)55)39-17-10-19-47-46-18-9-16-38(53(46)58-54(39)47)35-25-21-33(22-26-35)34-23-27-36(28-24-34)50-32-56-51-44-14-5-3-11-40(44)41-12-4-6-15-45(41)52(51)57-50/h3-32H,1-2H3. The van der Waals surface area contributed by atoms with Crippen LogP contribution in [0.4, 0.5) is 0 Å². The van der Waals surface area contributed by atoms with Gasteiger partial charge in [-0.2, -0.15) is 0 Å². The molecule has 1 aliphatic carbocycles. The molecule has 0 saturated heterocycles. The average molecular weight is 741 g/mol. The lowest BCUT2D eigenvalue weighted by atomic mass is 9.81. The smallest absolute Gasteiger partial charge is 0.143 e. The molecule has 58 heavy (non-hydrogen) atoms. The third kappa shape index (κ3) is 4.80. The molecule has 272 valence electrons. The van der Waals surface area contributed by atoms with Gasteiger partial charge in [-0.05, 0) is 61.3 Å². The van der Waals surface area contributed by atoms with Crippen molar-refractivity contribution in [3.05, 3.63) is 193 Å². The van der Waals surface area contributed by atoms with Crippen LogP contribution < -0.4 is 0 Å². The molecule has 9 aromatic carbocycles. The maximum absolute atomic E-state index is 6.89. The number of para-hydroxylation sites is 2. The molecule has 3 nitrogen and oxygen atoms in total. The highest BCUT2D eigenvalue weighted by molar-refractivity contribution is 6.23. The van der Waals surface area contributed by atoms with Crippen molar-refractivity contribution < 1.29 is 4.42 Å². The highest BCUT2D eigenvalue weighted by atomic mass is 16.3. The number of aromatic nitrogens is 2. The number of hydrogen-bond acceptors (Lipinski definition) is 3. The summed E-state index contributed by atoms with van der Waals surface area (Å²) in [6.07, 6.45) is 1.90. The normalized spacial score (nSPS) is 13.1. The molecule has 0 fully saturated rings. The Labute approximate surface area is 335 Å². The van der Waals surface area contributed by atoms with E-state index in [1.165, 1.54) is 38.6 Å². The molecule has 0 saturated carbocycles. The van der Waals surface area contributed by atoms with Gasteiger partial charge in [-0.3, -0.25) is 4.98 Å². The summed E-state index contributed by atoms with van der Waals surface area (Å²) >= 11 is 0. The first kappa shape index (κ1) is 32.8. The van der Waals surface area contributed by atoms with Crippen LogP contribution in [0.15, 0.2) is 187 Å². The highest BCUT2D eigenvalue weighted by Gasteiger charge is 2.35. The molecule has 11 aromatic rings. The van der Waals surface area contributed by atoms with Crippen LogP contribution in [-0.4, -0.2) is 9.97 Å². The number of hydrogen-bond donors (Lipinski definition) is 0. The third-order valence-corrected chi connectivity index (χ3v) is 12.6. The second-order valence-electron chi connectivity index (χ2n) is 16.1. The summed E-state index contributed by atoms with van der Waals surface area (Å²) in [7, 11) is 0. The summed E-state index contributed by atoms with van der Waals surface area (Å²) in [5.74, 6) is 0. The van der Waals surface area contributed by atoms with Gasteiger partial charge < -0.3 is 4.42 Å². The van der Waals surface area contributed by atoms with Crippen LogP contribution in [0.3, 0.4) is 0 Å². The van der Waals surface area contributed by atoms with Crippen LogP contribution in [0.25, 0.3) is 110 Å². The lowest BCUT2D eigenvalue weighted by Crippen LogP contribution is -2.14. The molecule has 1 aliphatic rings. The minimum absolute atomic E-state index is 0.0667. The topological polar surface area (TPSA) is 38.9 Å². The monoisotopic (exact) mass is 740 g/mol. The quantitative estimate of drug-likeness (QED) is 0.169. The van der Waals surface area contributed by atoms with E-state index in [0.717, 1.165) is 82.8 Å². The second-order valence-corrected chi connectivity index (χ2v) is 16.1. The zero-order valence-electron chi connectivity index (χ0n) is 32.1. The lowest BCUT2D eigenvalue weighted by molar-refractivity contribution is 0.660. The van der Waals surface area contributed by atoms with Crippen molar-refractivity contribution in [3.63, 3.8) is 0 Å². The molecule has 0 bridgehead atoms. The molecular formula is C55H36N2O. The fourth-order valence-electron chi connectivity index (χ4n) is 9.58. The van der Waals surface area contributed by atoms with Crippen LogP contribution in [-0.2, 0) is 5.41 Å². The first-order valence-electron chi connectivity index (χ1n) is 20.0. The van der Waals surface area contributed by atoms with E-state index >= 15 is 0 Å². The molecule has 12 rings (SSSR count). The largest absolute Gasteiger partial charge is 0.455 e. The highest BCUT2D eigenvalue weighted by Crippen LogP contribution is 2.50.